The molecule has 0 saturated carbocycles. The van der Waals surface area contributed by atoms with Crippen molar-refractivity contribution >= 4 is 0 Å². The second-order valence-electron chi connectivity index (χ2n) is 5.53. The van der Waals surface area contributed by atoms with E-state index in [-0.39, 0.29) is 0 Å². The van der Waals surface area contributed by atoms with E-state index in [0.717, 1.165) is 5.92 Å². The van der Waals surface area contributed by atoms with Gasteiger partial charge in [-0.2, -0.15) is 0 Å². The summed E-state index contributed by atoms with van der Waals surface area (Å²) in [5.74, 6) is 0.977. The molecule has 1 saturated heterocycles. The number of hydrogen-bond donors (Lipinski definition) is 1. The van der Waals surface area contributed by atoms with Crippen LogP contribution in [-0.2, 0) is 0 Å². The molecule has 1 fully saturated rings. The molecule has 0 aromatic heterocycles. The minimum Gasteiger partial charge on any atom is -0.317 e. The molecule has 1 unspecified atom stereocenters. The molecule has 15 heavy (non-hydrogen) atoms. The topological polar surface area (TPSA) is 12.0 Å². The summed E-state index contributed by atoms with van der Waals surface area (Å²) in [4.78, 5) is 0. The van der Waals surface area contributed by atoms with Gasteiger partial charge in [-0.3, -0.25) is 0 Å². The van der Waals surface area contributed by atoms with Crippen LogP contribution < -0.4 is 5.32 Å². The third kappa shape index (κ3) is 3.79. The molecule has 90 valence electrons. The smallest absolute Gasteiger partial charge is 0.00461 e. The highest BCUT2D eigenvalue weighted by molar-refractivity contribution is 4.85. The van der Waals surface area contributed by atoms with Crippen LogP contribution in [-0.4, -0.2) is 13.1 Å². The van der Waals surface area contributed by atoms with E-state index in [2.05, 4.69) is 26.1 Å². The highest BCUT2D eigenvalue weighted by atomic mass is 14.9. The Morgan fingerprint density at radius 1 is 1.07 bits per heavy atom. The van der Waals surface area contributed by atoms with Crippen LogP contribution in [0.2, 0.25) is 0 Å². The lowest BCUT2D eigenvalue weighted by Gasteiger charge is -2.40. The van der Waals surface area contributed by atoms with E-state index >= 15 is 0 Å². The molecule has 0 aromatic rings. The fourth-order valence-electron chi connectivity index (χ4n) is 3.20. The van der Waals surface area contributed by atoms with E-state index < -0.39 is 0 Å². The van der Waals surface area contributed by atoms with Gasteiger partial charge in [-0.15, -0.1) is 0 Å². The van der Waals surface area contributed by atoms with Crippen molar-refractivity contribution in [3.63, 3.8) is 0 Å². The third-order valence-electron chi connectivity index (χ3n) is 4.25. The van der Waals surface area contributed by atoms with Crippen LogP contribution in [0.25, 0.3) is 0 Å². The summed E-state index contributed by atoms with van der Waals surface area (Å²) in [6.45, 7) is 9.69. The number of unbranched alkanes of at least 4 members (excludes halogenated alkanes) is 1. The Labute approximate surface area is 96.0 Å². The first-order valence-electron chi connectivity index (χ1n) is 6.93. The number of piperidine rings is 1. The molecular weight excluding hydrogens is 182 g/mol. The first-order valence-corrected chi connectivity index (χ1v) is 6.93. The highest BCUT2D eigenvalue weighted by Crippen LogP contribution is 2.42. The Morgan fingerprint density at radius 2 is 1.73 bits per heavy atom. The van der Waals surface area contributed by atoms with Gasteiger partial charge in [0.25, 0.3) is 0 Å². The average molecular weight is 211 g/mol. The van der Waals surface area contributed by atoms with Crippen LogP contribution in [0.5, 0.6) is 0 Å². The first-order chi connectivity index (χ1) is 7.23. The van der Waals surface area contributed by atoms with Crippen molar-refractivity contribution in [1.82, 2.24) is 5.32 Å². The molecule has 1 aliphatic rings. The molecule has 0 amide bonds. The van der Waals surface area contributed by atoms with Crippen molar-refractivity contribution < 1.29 is 0 Å². The quantitative estimate of drug-likeness (QED) is 0.700. The van der Waals surface area contributed by atoms with Crippen molar-refractivity contribution in [2.45, 2.75) is 65.7 Å². The van der Waals surface area contributed by atoms with Crippen LogP contribution in [0.4, 0.5) is 0 Å². The highest BCUT2D eigenvalue weighted by Gasteiger charge is 2.33. The molecule has 0 bridgehead atoms. The number of rotatable bonds is 6. The lowest BCUT2D eigenvalue weighted by atomic mass is 9.67. The summed E-state index contributed by atoms with van der Waals surface area (Å²) < 4.78 is 0. The Hall–Kier alpha value is -0.0400. The molecule has 1 N–H and O–H groups in total. The van der Waals surface area contributed by atoms with E-state index in [1.807, 2.05) is 0 Å². The minimum absolute atomic E-state index is 0.632. The zero-order valence-corrected chi connectivity index (χ0v) is 10.9. The van der Waals surface area contributed by atoms with Gasteiger partial charge in [-0.1, -0.05) is 40.0 Å². The third-order valence-corrected chi connectivity index (χ3v) is 4.25. The van der Waals surface area contributed by atoms with Gasteiger partial charge in [0.2, 0.25) is 0 Å². The molecular formula is C14H29N. The maximum Gasteiger partial charge on any atom is -0.00461 e. The predicted molar refractivity (Wildman–Crippen MR) is 68.1 cm³/mol. The maximum atomic E-state index is 3.49. The molecule has 1 heteroatoms. The molecule has 1 heterocycles. The fourth-order valence-corrected chi connectivity index (χ4v) is 3.20. The standard InChI is InChI=1S/C14H29N/c1-4-6-10-14(3,9-5-2)13-7-11-15-12-8-13/h13,15H,4-12H2,1-3H3. The number of hydrogen-bond acceptors (Lipinski definition) is 1. The monoisotopic (exact) mass is 211 g/mol. The summed E-state index contributed by atoms with van der Waals surface area (Å²) >= 11 is 0. The second kappa shape index (κ2) is 6.52. The van der Waals surface area contributed by atoms with Crippen LogP contribution in [0.15, 0.2) is 0 Å². The molecule has 0 aromatic carbocycles. The zero-order chi connectivity index (χ0) is 11.1. The predicted octanol–water partition coefficient (Wildman–Crippen LogP) is 3.98. The van der Waals surface area contributed by atoms with Gasteiger partial charge in [0.1, 0.15) is 0 Å². The van der Waals surface area contributed by atoms with Crippen LogP contribution in [0, 0.1) is 11.3 Å². The summed E-state index contributed by atoms with van der Waals surface area (Å²) in [6.07, 6.45) is 9.80. The van der Waals surface area contributed by atoms with Gasteiger partial charge in [-0.05, 0) is 50.1 Å². The van der Waals surface area contributed by atoms with Crippen molar-refractivity contribution in [2.75, 3.05) is 13.1 Å². The molecule has 0 aliphatic carbocycles. The molecule has 1 atom stereocenters. The van der Waals surface area contributed by atoms with E-state index in [9.17, 15) is 0 Å². The Balaban J connectivity index is 2.52. The van der Waals surface area contributed by atoms with Gasteiger partial charge in [-0.25, -0.2) is 0 Å². The van der Waals surface area contributed by atoms with Crippen molar-refractivity contribution in [1.29, 1.82) is 0 Å². The Morgan fingerprint density at radius 3 is 2.27 bits per heavy atom. The Bertz CT molecular complexity index is 161. The minimum atomic E-state index is 0.632. The SMILES string of the molecule is CCCCC(C)(CCC)C1CCNCC1. The van der Waals surface area contributed by atoms with E-state index in [0.29, 0.717) is 5.41 Å². The molecule has 1 aliphatic heterocycles. The van der Waals surface area contributed by atoms with Crippen LogP contribution >= 0.6 is 0 Å². The summed E-state index contributed by atoms with van der Waals surface area (Å²) in [5.41, 5.74) is 0.632. The van der Waals surface area contributed by atoms with Crippen LogP contribution in [0.3, 0.4) is 0 Å². The molecule has 0 spiro atoms. The lowest BCUT2D eigenvalue weighted by molar-refractivity contribution is 0.115. The van der Waals surface area contributed by atoms with Crippen molar-refractivity contribution in [3.8, 4) is 0 Å². The first kappa shape index (κ1) is 13.0. The summed E-state index contributed by atoms with van der Waals surface area (Å²) in [6, 6.07) is 0. The van der Waals surface area contributed by atoms with Gasteiger partial charge in [0.05, 0.1) is 0 Å². The van der Waals surface area contributed by atoms with Crippen LogP contribution in [0.1, 0.15) is 65.7 Å². The molecule has 0 radical (unpaired) electrons. The average Bonchev–Trinajstić information content (AvgIpc) is 2.28. The second-order valence-corrected chi connectivity index (χ2v) is 5.53. The van der Waals surface area contributed by atoms with E-state index in [1.165, 1.54) is 58.0 Å². The summed E-state index contributed by atoms with van der Waals surface area (Å²) in [7, 11) is 0. The van der Waals surface area contributed by atoms with Gasteiger partial charge >= 0.3 is 0 Å². The van der Waals surface area contributed by atoms with Gasteiger partial charge in [0, 0.05) is 0 Å². The van der Waals surface area contributed by atoms with Gasteiger partial charge in [0.15, 0.2) is 0 Å². The Kier molecular flexibility index (Phi) is 5.66. The van der Waals surface area contributed by atoms with E-state index in [4.69, 9.17) is 0 Å². The fraction of sp³-hybridized carbons (Fsp3) is 1.00. The summed E-state index contributed by atoms with van der Waals surface area (Å²) in [5, 5.41) is 3.49. The molecule has 1 nitrogen and oxygen atoms in total. The largest absolute Gasteiger partial charge is 0.317 e. The maximum absolute atomic E-state index is 3.49. The number of nitrogens with one attached hydrogen (secondary N) is 1. The van der Waals surface area contributed by atoms with E-state index in [1.54, 1.807) is 0 Å². The molecule has 1 rings (SSSR count). The van der Waals surface area contributed by atoms with Crippen molar-refractivity contribution in [2.24, 2.45) is 11.3 Å². The normalized spacial score (nSPS) is 22.6. The lowest BCUT2D eigenvalue weighted by Crippen LogP contribution is -2.37. The van der Waals surface area contributed by atoms with Crippen molar-refractivity contribution in [3.05, 3.63) is 0 Å². The van der Waals surface area contributed by atoms with Gasteiger partial charge < -0.3 is 5.32 Å². The zero-order valence-electron chi connectivity index (χ0n) is 10.9.